The van der Waals surface area contributed by atoms with Gasteiger partial charge >= 0.3 is 0 Å². The Labute approximate surface area is 100 Å². The molecule has 1 saturated carbocycles. The Kier molecular flexibility index (Phi) is 3.37. The molecule has 0 heterocycles. The van der Waals surface area contributed by atoms with Crippen molar-refractivity contribution in [3.8, 4) is 0 Å². The number of alkyl halides is 1. The fraction of sp³-hybridized carbons (Fsp3) is 0.500. The van der Waals surface area contributed by atoms with Crippen LogP contribution in [0.1, 0.15) is 31.2 Å². The molecule has 0 radical (unpaired) electrons. The summed E-state index contributed by atoms with van der Waals surface area (Å²) in [5.41, 5.74) is 9.66. The molecular weight excluding hydrogens is 222 g/mol. The van der Waals surface area contributed by atoms with Gasteiger partial charge in [0.15, 0.2) is 0 Å². The highest BCUT2D eigenvalue weighted by Crippen LogP contribution is 2.44. The Morgan fingerprint density at radius 3 is 2.75 bits per heavy atom. The van der Waals surface area contributed by atoms with Crippen LogP contribution in [0.5, 0.6) is 0 Å². The number of azide groups is 1. The zero-order valence-corrected chi connectivity index (χ0v) is 9.77. The van der Waals surface area contributed by atoms with Gasteiger partial charge in [-0.1, -0.05) is 48.3 Å². The molecule has 0 amide bonds. The largest absolute Gasteiger partial charge is 0.114 e. The maximum absolute atomic E-state index is 8.60. The second-order valence-electron chi connectivity index (χ2n) is 4.19. The fourth-order valence-corrected chi connectivity index (χ4v) is 2.79. The minimum Gasteiger partial charge on any atom is -0.114 e. The summed E-state index contributed by atoms with van der Waals surface area (Å²) in [5.74, 6) is 0. The van der Waals surface area contributed by atoms with Crippen LogP contribution in [-0.2, 0) is 4.87 Å². The average molecular weight is 236 g/mol. The van der Waals surface area contributed by atoms with E-state index in [-0.39, 0.29) is 6.04 Å². The van der Waals surface area contributed by atoms with E-state index >= 15 is 0 Å². The predicted molar refractivity (Wildman–Crippen MR) is 65.4 cm³/mol. The normalized spacial score (nSPS) is 29.4. The van der Waals surface area contributed by atoms with Gasteiger partial charge in [0.2, 0.25) is 0 Å². The Morgan fingerprint density at radius 1 is 1.31 bits per heavy atom. The average Bonchev–Trinajstić information content (AvgIpc) is 2.34. The summed E-state index contributed by atoms with van der Waals surface area (Å²) in [7, 11) is 0. The summed E-state index contributed by atoms with van der Waals surface area (Å²) in [4.78, 5) is 2.41. The zero-order chi connectivity index (χ0) is 11.4. The van der Waals surface area contributed by atoms with Crippen molar-refractivity contribution in [1.82, 2.24) is 0 Å². The van der Waals surface area contributed by atoms with E-state index < -0.39 is 4.87 Å². The van der Waals surface area contributed by atoms with E-state index in [1.54, 1.807) is 0 Å². The van der Waals surface area contributed by atoms with Crippen molar-refractivity contribution in [2.24, 2.45) is 5.11 Å². The molecule has 1 fully saturated rings. The predicted octanol–water partition coefficient (Wildman–Crippen LogP) is 4.37. The summed E-state index contributed by atoms with van der Waals surface area (Å²) in [6, 6.07) is 9.81. The molecule has 0 bridgehead atoms. The Bertz CT molecular complexity index is 400. The smallest absolute Gasteiger partial charge is 0.0779 e. The summed E-state index contributed by atoms with van der Waals surface area (Å²) in [5, 5.41) is 3.86. The Morgan fingerprint density at radius 2 is 2.06 bits per heavy atom. The van der Waals surface area contributed by atoms with Gasteiger partial charge in [0.25, 0.3) is 0 Å². The monoisotopic (exact) mass is 235 g/mol. The Balaban J connectivity index is 2.36. The fourth-order valence-electron chi connectivity index (χ4n) is 2.38. The van der Waals surface area contributed by atoms with E-state index in [9.17, 15) is 0 Å². The lowest BCUT2D eigenvalue weighted by atomic mass is 9.79. The lowest BCUT2D eigenvalue weighted by molar-refractivity contribution is 0.343. The van der Waals surface area contributed by atoms with Crippen molar-refractivity contribution in [2.45, 2.75) is 36.6 Å². The molecule has 3 nitrogen and oxygen atoms in total. The number of nitrogens with zero attached hydrogens (tertiary/aromatic N) is 3. The van der Waals surface area contributed by atoms with Gasteiger partial charge in [-0.3, -0.25) is 0 Å². The summed E-state index contributed by atoms with van der Waals surface area (Å²) in [6.45, 7) is 0. The van der Waals surface area contributed by atoms with Gasteiger partial charge in [-0.25, -0.2) is 0 Å². The number of hydrogen-bond acceptors (Lipinski definition) is 1. The number of hydrogen-bond donors (Lipinski definition) is 0. The first-order valence-corrected chi connectivity index (χ1v) is 5.94. The molecule has 0 aromatic heterocycles. The molecule has 4 heteroatoms. The van der Waals surface area contributed by atoms with Gasteiger partial charge in [-0.15, -0.1) is 11.6 Å². The summed E-state index contributed by atoms with van der Waals surface area (Å²) >= 11 is 6.68. The SMILES string of the molecule is [N-]=[N+]=NC1CCCCC1(Cl)c1ccccc1. The highest BCUT2D eigenvalue weighted by atomic mass is 35.5. The molecule has 2 atom stereocenters. The molecule has 16 heavy (non-hydrogen) atoms. The van der Waals surface area contributed by atoms with Gasteiger partial charge in [-0.05, 0) is 23.9 Å². The van der Waals surface area contributed by atoms with Crippen LogP contribution in [-0.4, -0.2) is 6.04 Å². The first kappa shape index (κ1) is 11.3. The van der Waals surface area contributed by atoms with Crippen molar-refractivity contribution < 1.29 is 0 Å². The van der Waals surface area contributed by atoms with E-state index in [0.717, 1.165) is 31.2 Å². The molecule has 1 aliphatic rings. The van der Waals surface area contributed by atoms with Crippen LogP contribution >= 0.6 is 11.6 Å². The topological polar surface area (TPSA) is 48.8 Å². The van der Waals surface area contributed by atoms with Crippen LogP contribution in [0.15, 0.2) is 35.4 Å². The van der Waals surface area contributed by atoms with Crippen molar-refractivity contribution in [3.05, 3.63) is 46.3 Å². The molecule has 1 aromatic rings. The standard InChI is InChI=1S/C12H14ClN3/c13-12(10-6-2-1-3-7-10)9-5-4-8-11(12)15-16-14/h1-3,6-7,11H,4-5,8-9H2. The number of benzene rings is 1. The van der Waals surface area contributed by atoms with Crippen molar-refractivity contribution in [3.63, 3.8) is 0 Å². The molecule has 0 saturated heterocycles. The molecule has 0 N–H and O–H groups in total. The third-order valence-electron chi connectivity index (χ3n) is 3.24. The first-order chi connectivity index (χ1) is 7.77. The van der Waals surface area contributed by atoms with E-state index in [1.165, 1.54) is 0 Å². The molecule has 1 aromatic carbocycles. The minimum atomic E-state index is -0.508. The molecule has 0 aliphatic heterocycles. The van der Waals surface area contributed by atoms with Gasteiger partial charge in [0, 0.05) is 4.91 Å². The molecule has 1 aliphatic carbocycles. The van der Waals surface area contributed by atoms with Gasteiger partial charge in [-0.2, -0.15) is 0 Å². The van der Waals surface area contributed by atoms with E-state index in [2.05, 4.69) is 10.0 Å². The second-order valence-corrected chi connectivity index (χ2v) is 4.87. The third kappa shape index (κ3) is 2.01. The van der Waals surface area contributed by atoms with E-state index in [0.29, 0.717) is 0 Å². The number of rotatable bonds is 2. The molecule has 0 spiro atoms. The van der Waals surface area contributed by atoms with Gasteiger partial charge in [0.05, 0.1) is 10.9 Å². The molecule has 2 rings (SSSR count). The Hall–Kier alpha value is -1.18. The van der Waals surface area contributed by atoms with Crippen molar-refractivity contribution in [2.75, 3.05) is 0 Å². The van der Waals surface area contributed by atoms with Crippen LogP contribution in [0.2, 0.25) is 0 Å². The van der Waals surface area contributed by atoms with Crippen molar-refractivity contribution in [1.29, 1.82) is 0 Å². The lowest BCUT2D eigenvalue weighted by Crippen LogP contribution is -2.35. The highest BCUT2D eigenvalue weighted by molar-refractivity contribution is 6.24. The lowest BCUT2D eigenvalue weighted by Gasteiger charge is -2.37. The summed E-state index contributed by atoms with van der Waals surface area (Å²) < 4.78 is 0. The van der Waals surface area contributed by atoms with Crippen LogP contribution in [0.4, 0.5) is 0 Å². The van der Waals surface area contributed by atoms with Gasteiger partial charge < -0.3 is 0 Å². The maximum atomic E-state index is 8.60. The van der Waals surface area contributed by atoms with Crippen LogP contribution < -0.4 is 0 Å². The highest BCUT2D eigenvalue weighted by Gasteiger charge is 2.39. The minimum absolute atomic E-state index is 0.129. The third-order valence-corrected chi connectivity index (χ3v) is 3.90. The first-order valence-electron chi connectivity index (χ1n) is 5.56. The quantitative estimate of drug-likeness (QED) is 0.316. The second kappa shape index (κ2) is 4.77. The van der Waals surface area contributed by atoms with E-state index in [1.807, 2.05) is 30.3 Å². The van der Waals surface area contributed by atoms with Crippen LogP contribution in [0.3, 0.4) is 0 Å². The molecule has 84 valence electrons. The van der Waals surface area contributed by atoms with Gasteiger partial charge in [0.1, 0.15) is 0 Å². The zero-order valence-electron chi connectivity index (χ0n) is 9.01. The van der Waals surface area contributed by atoms with Crippen LogP contribution in [0.25, 0.3) is 10.4 Å². The number of halogens is 1. The van der Waals surface area contributed by atoms with Crippen LogP contribution in [0, 0.1) is 0 Å². The molecule has 2 unspecified atom stereocenters. The van der Waals surface area contributed by atoms with Crippen molar-refractivity contribution >= 4 is 11.6 Å². The summed E-state index contributed by atoms with van der Waals surface area (Å²) in [6.07, 6.45) is 3.94. The van der Waals surface area contributed by atoms with E-state index in [4.69, 9.17) is 17.1 Å². The maximum Gasteiger partial charge on any atom is 0.0779 e. The molecular formula is C12H14ClN3.